The van der Waals surface area contributed by atoms with Gasteiger partial charge in [0.15, 0.2) is 0 Å². The molecule has 0 spiro atoms. The monoisotopic (exact) mass is 462 g/mol. The number of amides is 2. The smallest absolute Gasteiger partial charge is 0.243 e. The molecule has 0 bridgehead atoms. The lowest BCUT2D eigenvalue weighted by Crippen LogP contribution is -2.51. The summed E-state index contributed by atoms with van der Waals surface area (Å²) in [5.41, 5.74) is 2.31. The van der Waals surface area contributed by atoms with Gasteiger partial charge in [-0.05, 0) is 42.8 Å². The summed E-state index contributed by atoms with van der Waals surface area (Å²) in [6, 6.07) is 10.3. The molecule has 0 atom stereocenters. The van der Waals surface area contributed by atoms with Crippen LogP contribution in [0.4, 0.5) is 15.8 Å². The standard InChI is InChI=1S/C22H27FN4O4S/c1-3-21(28)25-18-8-7-16(2)20(14-18)24-15-22(29)26-9-11-27(12-10-26)32(30,31)19-6-4-5-17(23)13-19/h4-8,13-14,24H,3,9-12,15H2,1-2H3,(H,25,28). The van der Waals surface area contributed by atoms with Crippen molar-refractivity contribution in [2.24, 2.45) is 0 Å². The molecule has 10 heteroatoms. The second-order valence-electron chi connectivity index (χ2n) is 7.53. The van der Waals surface area contributed by atoms with E-state index >= 15 is 0 Å². The maximum Gasteiger partial charge on any atom is 0.243 e. The topological polar surface area (TPSA) is 98.8 Å². The number of carbonyl (C=O) groups excluding carboxylic acids is 2. The summed E-state index contributed by atoms with van der Waals surface area (Å²) < 4.78 is 40.1. The van der Waals surface area contributed by atoms with E-state index in [0.29, 0.717) is 12.1 Å². The Labute approximate surface area is 187 Å². The zero-order valence-electron chi connectivity index (χ0n) is 18.1. The average Bonchev–Trinajstić information content (AvgIpc) is 2.79. The molecule has 1 fully saturated rings. The lowest BCUT2D eigenvalue weighted by Gasteiger charge is -2.34. The second-order valence-corrected chi connectivity index (χ2v) is 9.47. The van der Waals surface area contributed by atoms with Gasteiger partial charge in [0.2, 0.25) is 21.8 Å². The van der Waals surface area contributed by atoms with Crippen LogP contribution in [0.25, 0.3) is 0 Å². The molecular weight excluding hydrogens is 435 g/mol. The Morgan fingerprint density at radius 2 is 1.78 bits per heavy atom. The number of benzene rings is 2. The molecule has 0 radical (unpaired) electrons. The van der Waals surface area contributed by atoms with Crippen molar-refractivity contribution in [1.82, 2.24) is 9.21 Å². The Balaban J connectivity index is 1.56. The van der Waals surface area contributed by atoms with Gasteiger partial charge in [0.1, 0.15) is 5.82 Å². The SMILES string of the molecule is CCC(=O)Nc1ccc(C)c(NCC(=O)N2CCN(S(=O)(=O)c3cccc(F)c3)CC2)c1. The Kier molecular flexibility index (Phi) is 7.47. The van der Waals surface area contributed by atoms with E-state index < -0.39 is 15.8 Å². The number of anilines is 2. The minimum Gasteiger partial charge on any atom is -0.376 e. The van der Waals surface area contributed by atoms with Crippen molar-refractivity contribution >= 4 is 33.2 Å². The maximum absolute atomic E-state index is 13.4. The van der Waals surface area contributed by atoms with Crippen molar-refractivity contribution in [2.75, 3.05) is 43.4 Å². The van der Waals surface area contributed by atoms with Crippen LogP contribution in [0.15, 0.2) is 47.4 Å². The first-order valence-electron chi connectivity index (χ1n) is 10.4. The van der Waals surface area contributed by atoms with Gasteiger partial charge in [-0.2, -0.15) is 4.31 Å². The van der Waals surface area contributed by atoms with E-state index in [2.05, 4.69) is 10.6 Å². The van der Waals surface area contributed by atoms with Crippen LogP contribution in [-0.2, 0) is 19.6 Å². The zero-order valence-corrected chi connectivity index (χ0v) is 18.9. The van der Waals surface area contributed by atoms with Crippen molar-refractivity contribution < 1.29 is 22.4 Å². The van der Waals surface area contributed by atoms with E-state index in [-0.39, 0.29) is 49.4 Å². The Morgan fingerprint density at radius 1 is 1.06 bits per heavy atom. The lowest BCUT2D eigenvalue weighted by molar-refractivity contribution is -0.130. The number of piperazine rings is 1. The van der Waals surface area contributed by atoms with Crippen molar-refractivity contribution in [3.63, 3.8) is 0 Å². The fourth-order valence-corrected chi connectivity index (χ4v) is 4.83. The van der Waals surface area contributed by atoms with Gasteiger partial charge < -0.3 is 15.5 Å². The molecule has 2 aromatic carbocycles. The van der Waals surface area contributed by atoms with Crippen molar-refractivity contribution in [3.8, 4) is 0 Å². The van der Waals surface area contributed by atoms with Crippen LogP contribution in [0.5, 0.6) is 0 Å². The number of sulfonamides is 1. The van der Waals surface area contributed by atoms with Gasteiger partial charge in [-0.15, -0.1) is 0 Å². The summed E-state index contributed by atoms with van der Waals surface area (Å²) in [6.45, 7) is 4.49. The van der Waals surface area contributed by atoms with Crippen molar-refractivity contribution in [3.05, 3.63) is 53.8 Å². The van der Waals surface area contributed by atoms with Gasteiger partial charge in [0.25, 0.3) is 0 Å². The molecule has 1 aliphatic rings. The highest BCUT2D eigenvalue weighted by atomic mass is 32.2. The fourth-order valence-electron chi connectivity index (χ4n) is 3.38. The molecule has 2 aromatic rings. The lowest BCUT2D eigenvalue weighted by atomic mass is 10.1. The van der Waals surface area contributed by atoms with Crippen LogP contribution in [-0.4, -0.2) is 62.2 Å². The van der Waals surface area contributed by atoms with Crippen LogP contribution in [0, 0.1) is 12.7 Å². The first kappa shape index (κ1) is 23.7. The number of hydrogen-bond donors (Lipinski definition) is 2. The van der Waals surface area contributed by atoms with Crippen LogP contribution >= 0.6 is 0 Å². The van der Waals surface area contributed by atoms with Gasteiger partial charge >= 0.3 is 0 Å². The van der Waals surface area contributed by atoms with Crippen molar-refractivity contribution in [1.29, 1.82) is 0 Å². The molecule has 2 amide bonds. The quantitative estimate of drug-likeness (QED) is 0.659. The molecule has 0 aliphatic carbocycles. The molecule has 1 aliphatic heterocycles. The highest BCUT2D eigenvalue weighted by Crippen LogP contribution is 2.21. The third-order valence-electron chi connectivity index (χ3n) is 5.30. The summed E-state index contributed by atoms with van der Waals surface area (Å²) in [4.78, 5) is 25.7. The van der Waals surface area contributed by atoms with Crippen molar-refractivity contribution in [2.45, 2.75) is 25.2 Å². The van der Waals surface area contributed by atoms with E-state index in [9.17, 15) is 22.4 Å². The van der Waals surface area contributed by atoms with Crippen LogP contribution in [0.3, 0.4) is 0 Å². The maximum atomic E-state index is 13.4. The molecule has 1 heterocycles. The molecule has 0 saturated carbocycles. The van der Waals surface area contributed by atoms with E-state index in [0.717, 1.165) is 17.3 Å². The van der Waals surface area contributed by atoms with E-state index in [1.807, 2.05) is 13.0 Å². The molecule has 8 nitrogen and oxygen atoms in total. The number of aryl methyl sites for hydroxylation is 1. The van der Waals surface area contributed by atoms with Gasteiger partial charge in [-0.25, -0.2) is 12.8 Å². The molecule has 1 saturated heterocycles. The van der Waals surface area contributed by atoms with Crippen LogP contribution in [0.1, 0.15) is 18.9 Å². The summed E-state index contributed by atoms with van der Waals surface area (Å²) in [5.74, 6) is -0.864. The number of hydrogen-bond acceptors (Lipinski definition) is 5. The van der Waals surface area contributed by atoms with E-state index in [4.69, 9.17) is 0 Å². The molecular formula is C22H27FN4O4S. The van der Waals surface area contributed by atoms with Gasteiger partial charge in [-0.3, -0.25) is 9.59 Å². The number of nitrogens with zero attached hydrogens (tertiary/aromatic N) is 2. The third-order valence-corrected chi connectivity index (χ3v) is 7.19. The van der Waals surface area contributed by atoms with Gasteiger partial charge in [-0.1, -0.05) is 19.1 Å². The molecule has 3 rings (SSSR count). The highest BCUT2D eigenvalue weighted by Gasteiger charge is 2.30. The zero-order chi connectivity index (χ0) is 23.3. The molecule has 0 unspecified atom stereocenters. The Hall–Kier alpha value is -2.98. The van der Waals surface area contributed by atoms with Crippen LogP contribution < -0.4 is 10.6 Å². The summed E-state index contributed by atoms with van der Waals surface area (Å²) in [5, 5.41) is 5.89. The number of halogens is 1. The fraction of sp³-hybridized carbons (Fsp3) is 0.364. The summed E-state index contributed by atoms with van der Waals surface area (Å²) in [7, 11) is -3.81. The Bertz CT molecular complexity index is 1100. The minimum atomic E-state index is -3.81. The second kappa shape index (κ2) is 10.1. The summed E-state index contributed by atoms with van der Waals surface area (Å²) >= 11 is 0. The highest BCUT2D eigenvalue weighted by molar-refractivity contribution is 7.89. The minimum absolute atomic E-state index is 0.0443. The summed E-state index contributed by atoms with van der Waals surface area (Å²) in [6.07, 6.45) is 0.371. The predicted octanol–water partition coefficient (Wildman–Crippen LogP) is 2.43. The first-order valence-corrected chi connectivity index (χ1v) is 11.8. The van der Waals surface area contributed by atoms with Gasteiger partial charge in [0, 0.05) is 44.0 Å². The third kappa shape index (κ3) is 5.63. The van der Waals surface area contributed by atoms with E-state index in [1.54, 1.807) is 24.0 Å². The molecule has 172 valence electrons. The number of nitrogens with one attached hydrogen (secondary N) is 2. The van der Waals surface area contributed by atoms with Crippen LogP contribution in [0.2, 0.25) is 0 Å². The first-order chi connectivity index (χ1) is 15.2. The molecule has 0 aromatic heterocycles. The average molecular weight is 463 g/mol. The van der Waals surface area contributed by atoms with Gasteiger partial charge in [0.05, 0.1) is 11.4 Å². The number of rotatable bonds is 7. The van der Waals surface area contributed by atoms with E-state index in [1.165, 1.54) is 22.5 Å². The normalized spacial score (nSPS) is 14.8. The largest absolute Gasteiger partial charge is 0.376 e. The molecule has 32 heavy (non-hydrogen) atoms. The Morgan fingerprint density at radius 3 is 2.44 bits per heavy atom. The predicted molar refractivity (Wildman–Crippen MR) is 120 cm³/mol. The molecule has 2 N–H and O–H groups in total. The number of carbonyl (C=O) groups is 2.